The van der Waals surface area contributed by atoms with E-state index in [1.807, 2.05) is 6.07 Å². The number of phenolic OH excluding ortho intramolecular Hbond substituents is 1. The summed E-state index contributed by atoms with van der Waals surface area (Å²) in [6.45, 7) is 0.651. The van der Waals surface area contributed by atoms with Gasteiger partial charge in [-0.1, -0.05) is 12.1 Å². The lowest BCUT2D eigenvalue weighted by Gasteiger charge is -2.27. The molecule has 0 saturated carbocycles. The number of nitrogens with one attached hydrogen (secondary N) is 1. The van der Waals surface area contributed by atoms with Crippen LogP contribution in [-0.2, 0) is 13.0 Å². The maximum absolute atomic E-state index is 12.8. The van der Waals surface area contributed by atoms with Gasteiger partial charge in [-0.3, -0.25) is 14.6 Å². The van der Waals surface area contributed by atoms with Crippen LogP contribution in [-0.4, -0.2) is 37.4 Å². The molecule has 2 aromatic heterocycles. The Morgan fingerprint density at radius 3 is 3.00 bits per heavy atom. The fourth-order valence-corrected chi connectivity index (χ4v) is 3.01. The molecule has 0 radical (unpaired) electrons. The third kappa shape index (κ3) is 2.21. The van der Waals surface area contributed by atoms with Crippen LogP contribution in [0.25, 0.3) is 10.9 Å². The largest absolute Gasteiger partial charge is 0.505 e. The molecular weight excluding hydrogens is 308 g/mol. The van der Waals surface area contributed by atoms with Crippen LogP contribution in [0.1, 0.15) is 21.6 Å². The molecular formula is C17H14N4O3. The van der Waals surface area contributed by atoms with Crippen molar-refractivity contribution in [2.45, 2.75) is 13.0 Å². The van der Waals surface area contributed by atoms with Gasteiger partial charge in [0.2, 0.25) is 0 Å². The highest BCUT2D eigenvalue weighted by Crippen LogP contribution is 2.28. The summed E-state index contributed by atoms with van der Waals surface area (Å²) in [4.78, 5) is 37.0. The average molecular weight is 322 g/mol. The van der Waals surface area contributed by atoms with Crippen molar-refractivity contribution in [3.05, 3.63) is 64.0 Å². The number of amides is 1. The Morgan fingerprint density at radius 2 is 2.12 bits per heavy atom. The minimum Gasteiger partial charge on any atom is -0.505 e. The van der Waals surface area contributed by atoms with Crippen LogP contribution in [0.4, 0.5) is 0 Å². The van der Waals surface area contributed by atoms with Gasteiger partial charge in [0.1, 0.15) is 5.52 Å². The van der Waals surface area contributed by atoms with E-state index in [2.05, 4.69) is 15.0 Å². The number of aromatic hydroxyl groups is 1. The van der Waals surface area contributed by atoms with E-state index < -0.39 is 0 Å². The highest BCUT2D eigenvalue weighted by molar-refractivity contribution is 6.02. The summed E-state index contributed by atoms with van der Waals surface area (Å²) in [5.74, 6) is -0.421. The number of hydrogen-bond donors (Lipinski definition) is 2. The van der Waals surface area contributed by atoms with E-state index in [0.29, 0.717) is 29.7 Å². The molecule has 0 atom stereocenters. The van der Waals surface area contributed by atoms with Gasteiger partial charge in [0.15, 0.2) is 5.75 Å². The summed E-state index contributed by atoms with van der Waals surface area (Å²) in [5.41, 5.74) is 1.65. The highest BCUT2D eigenvalue weighted by atomic mass is 16.3. The second kappa shape index (κ2) is 5.45. The van der Waals surface area contributed by atoms with Crippen molar-refractivity contribution in [2.24, 2.45) is 0 Å². The van der Waals surface area contributed by atoms with Gasteiger partial charge in [0, 0.05) is 23.7 Å². The minimum atomic E-state index is -0.298. The standard InChI is InChI=1S/C17H14N4O3/c22-15-12(4-3-10-2-1-6-18-14(10)15)17(24)21-7-5-11-13(8-21)19-9-20-16(11)23/h1-4,6,9,22H,5,7-8H2,(H,19,20,23). The number of hydrogen-bond acceptors (Lipinski definition) is 5. The first-order valence-electron chi connectivity index (χ1n) is 7.56. The molecule has 4 rings (SSSR count). The molecule has 3 heterocycles. The zero-order chi connectivity index (χ0) is 16.7. The summed E-state index contributed by atoms with van der Waals surface area (Å²) in [6, 6.07) is 6.95. The van der Waals surface area contributed by atoms with Gasteiger partial charge in [-0.15, -0.1) is 0 Å². The number of pyridine rings is 1. The summed E-state index contributed by atoms with van der Waals surface area (Å²) in [5, 5.41) is 11.2. The number of fused-ring (bicyclic) bond motifs is 2. The van der Waals surface area contributed by atoms with Crippen molar-refractivity contribution in [2.75, 3.05) is 6.54 Å². The quantitative estimate of drug-likeness (QED) is 0.702. The molecule has 0 spiro atoms. The lowest BCUT2D eigenvalue weighted by Crippen LogP contribution is -2.39. The van der Waals surface area contributed by atoms with Gasteiger partial charge in [-0.2, -0.15) is 0 Å². The number of carbonyl (C=O) groups excluding carboxylic acids is 1. The maximum Gasteiger partial charge on any atom is 0.258 e. The number of aromatic nitrogens is 3. The zero-order valence-electron chi connectivity index (χ0n) is 12.7. The Labute approximate surface area is 136 Å². The number of H-pyrrole nitrogens is 1. The number of aromatic amines is 1. The van der Waals surface area contributed by atoms with Crippen molar-refractivity contribution in [3.8, 4) is 5.75 Å². The number of benzene rings is 1. The molecule has 0 fully saturated rings. The molecule has 0 saturated heterocycles. The van der Waals surface area contributed by atoms with Crippen LogP contribution in [0.5, 0.6) is 5.75 Å². The van der Waals surface area contributed by atoms with Crippen molar-refractivity contribution in [3.63, 3.8) is 0 Å². The molecule has 1 aliphatic heterocycles. The summed E-state index contributed by atoms with van der Waals surface area (Å²) < 4.78 is 0. The first kappa shape index (κ1) is 14.4. The predicted octanol–water partition coefficient (Wildman–Crippen LogP) is 1.22. The van der Waals surface area contributed by atoms with E-state index in [4.69, 9.17) is 0 Å². The van der Waals surface area contributed by atoms with E-state index >= 15 is 0 Å². The van der Waals surface area contributed by atoms with Gasteiger partial charge in [0.05, 0.1) is 24.1 Å². The number of nitrogens with zero attached hydrogens (tertiary/aromatic N) is 3. The number of rotatable bonds is 1. The monoisotopic (exact) mass is 322 g/mol. The second-order valence-corrected chi connectivity index (χ2v) is 5.67. The third-order valence-corrected chi connectivity index (χ3v) is 4.28. The molecule has 1 aromatic carbocycles. The smallest absolute Gasteiger partial charge is 0.258 e. The van der Waals surface area contributed by atoms with Gasteiger partial charge in [-0.05, 0) is 18.6 Å². The molecule has 3 aromatic rings. The van der Waals surface area contributed by atoms with Crippen LogP contribution >= 0.6 is 0 Å². The Hall–Kier alpha value is -3.22. The van der Waals surface area contributed by atoms with Crippen LogP contribution < -0.4 is 5.56 Å². The first-order valence-corrected chi connectivity index (χ1v) is 7.56. The van der Waals surface area contributed by atoms with Crippen LogP contribution in [0.2, 0.25) is 0 Å². The lowest BCUT2D eigenvalue weighted by molar-refractivity contribution is 0.0728. The van der Waals surface area contributed by atoms with Gasteiger partial charge in [0.25, 0.3) is 11.5 Å². The molecule has 1 aliphatic rings. The Kier molecular flexibility index (Phi) is 3.26. The zero-order valence-corrected chi connectivity index (χ0v) is 12.7. The lowest BCUT2D eigenvalue weighted by atomic mass is 10.0. The van der Waals surface area contributed by atoms with Crippen molar-refractivity contribution in [1.29, 1.82) is 0 Å². The first-order chi connectivity index (χ1) is 11.6. The third-order valence-electron chi connectivity index (χ3n) is 4.28. The van der Waals surface area contributed by atoms with E-state index in [0.717, 1.165) is 5.39 Å². The second-order valence-electron chi connectivity index (χ2n) is 5.67. The molecule has 0 bridgehead atoms. The summed E-state index contributed by atoms with van der Waals surface area (Å²) >= 11 is 0. The van der Waals surface area contributed by atoms with Gasteiger partial charge in [-0.25, -0.2) is 4.98 Å². The van der Waals surface area contributed by atoms with Crippen LogP contribution in [0.15, 0.2) is 41.6 Å². The number of phenols is 1. The molecule has 120 valence electrons. The molecule has 0 aliphatic carbocycles. The Balaban J connectivity index is 1.70. The fourth-order valence-electron chi connectivity index (χ4n) is 3.01. The topological polar surface area (TPSA) is 99.2 Å². The maximum atomic E-state index is 12.8. The van der Waals surface area contributed by atoms with Crippen LogP contribution in [0, 0.1) is 0 Å². The Morgan fingerprint density at radius 1 is 1.25 bits per heavy atom. The SMILES string of the molecule is O=C(c1ccc2cccnc2c1O)N1CCc2c(nc[nH]c2=O)C1. The number of carbonyl (C=O) groups is 1. The van der Waals surface area contributed by atoms with Crippen molar-refractivity contribution in [1.82, 2.24) is 19.9 Å². The molecule has 1 amide bonds. The average Bonchev–Trinajstić information content (AvgIpc) is 2.62. The highest BCUT2D eigenvalue weighted by Gasteiger charge is 2.26. The molecule has 24 heavy (non-hydrogen) atoms. The van der Waals surface area contributed by atoms with Crippen LogP contribution in [0.3, 0.4) is 0 Å². The summed E-state index contributed by atoms with van der Waals surface area (Å²) in [6.07, 6.45) is 3.35. The van der Waals surface area contributed by atoms with Crippen molar-refractivity contribution < 1.29 is 9.90 Å². The van der Waals surface area contributed by atoms with E-state index in [-0.39, 0.29) is 29.3 Å². The summed E-state index contributed by atoms with van der Waals surface area (Å²) in [7, 11) is 0. The molecule has 2 N–H and O–H groups in total. The van der Waals surface area contributed by atoms with Gasteiger partial charge >= 0.3 is 0 Å². The molecule has 7 heteroatoms. The van der Waals surface area contributed by atoms with Crippen molar-refractivity contribution >= 4 is 16.8 Å². The van der Waals surface area contributed by atoms with E-state index in [1.165, 1.54) is 6.33 Å². The normalized spacial score (nSPS) is 13.8. The molecule has 7 nitrogen and oxygen atoms in total. The fraction of sp³-hybridized carbons (Fsp3) is 0.176. The Bertz CT molecular complexity index is 1010. The predicted molar refractivity (Wildman–Crippen MR) is 86.7 cm³/mol. The van der Waals surface area contributed by atoms with E-state index in [9.17, 15) is 14.7 Å². The molecule has 0 unspecified atom stereocenters. The van der Waals surface area contributed by atoms with E-state index in [1.54, 1.807) is 29.3 Å². The van der Waals surface area contributed by atoms with Gasteiger partial charge < -0.3 is 15.0 Å². The minimum absolute atomic E-state index is 0.122.